The maximum absolute atomic E-state index is 5.95. The highest BCUT2D eigenvalue weighted by Crippen LogP contribution is 2.34. The van der Waals surface area contributed by atoms with Gasteiger partial charge in [0.1, 0.15) is 5.75 Å². The van der Waals surface area contributed by atoms with Crippen LogP contribution in [0.25, 0.3) is 5.57 Å². The van der Waals surface area contributed by atoms with Gasteiger partial charge in [-0.05, 0) is 74.6 Å². The van der Waals surface area contributed by atoms with E-state index < -0.39 is 0 Å². The number of nitrogens with zero attached hydrogens (tertiary/aromatic N) is 2. The summed E-state index contributed by atoms with van der Waals surface area (Å²) in [5.41, 5.74) is 5.79. The summed E-state index contributed by atoms with van der Waals surface area (Å²) in [4.78, 5) is 4.78. The van der Waals surface area contributed by atoms with E-state index in [0.717, 1.165) is 41.2 Å². The molecule has 0 saturated carbocycles. The SMILES string of the molecule is C=C(c1ccc(N2CCCC2)cc1)c1ccc(N(CC)CC)c(OCC)c1. The lowest BCUT2D eigenvalue weighted by molar-refractivity contribution is 0.340. The minimum atomic E-state index is 0.661. The average molecular weight is 365 g/mol. The van der Waals surface area contributed by atoms with E-state index in [4.69, 9.17) is 4.74 Å². The number of hydrogen-bond acceptors (Lipinski definition) is 3. The van der Waals surface area contributed by atoms with Crippen molar-refractivity contribution in [2.75, 3.05) is 42.6 Å². The molecular weight excluding hydrogens is 332 g/mol. The highest BCUT2D eigenvalue weighted by atomic mass is 16.5. The molecule has 1 aliphatic rings. The summed E-state index contributed by atoms with van der Waals surface area (Å²) < 4.78 is 5.95. The quantitative estimate of drug-likeness (QED) is 0.607. The van der Waals surface area contributed by atoms with Crippen LogP contribution in [0.4, 0.5) is 11.4 Å². The summed E-state index contributed by atoms with van der Waals surface area (Å²) in [5, 5.41) is 0. The molecule has 27 heavy (non-hydrogen) atoms. The molecule has 144 valence electrons. The molecule has 0 unspecified atom stereocenters. The van der Waals surface area contributed by atoms with Gasteiger partial charge < -0.3 is 14.5 Å². The molecular formula is C24H32N2O. The minimum Gasteiger partial charge on any atom is -0.492 e. The largest absolute Gasteiger partial charge is 0.492 e. The highest BCUT2D eigenvalue weighted by Gasteiger charge is 2.14. The van der Waals surface area contributed by atoms with Crippen LogP contribution in [0.5, 0.6) is 5.75 Å². The van der Waals surface area contributed by atoms with Crippen molar-refractivity contribution < 1.29 is 4.74 Å². The molecule has 2 aromatic carbocycles. The second-order valence-electron chi connectivity index (χ2n) is 7.01. The van der Waals surface area contributed by atoms with E-state index in [9.17, 15) is 0 Å². The number of ether oxygens (including phenoxy) is 1. The Hall–Kier alpha value is -2.42. The zero-order valence-corrected chi connectivity index (χ0v) is 17.0. The van der Waals surface area contributed by atoms with Crippen LogP contribution < -0.4 is 14.5 Å². The molecule has 1 heterocycles. The first kappa shape index (κ1) is 19.3. The van der Waals surface area contributed by atoms with E-state index in [1.54, 1.807) is 0 Å². The first-order valence-electron chi connectivity index (χ1n) is 10.2. The normalized spacial score (nSPS) is 13.7. The smallest absolute Gasteiger partial charge is 0.143 e. The fourth-order valence-corrected chi connectivity index (χ4v) is 3.81. The van der Waals surface area contributed by atoms with Crippen molar-refractivity contribution in [2.45, 2.75) is 33.6 Å². The fourth-order valence-electron chi connectivity index (χ4n) is 3.81. The molecule has 2 aromatic rings. The third-order valence-electron chi connectivity index (χ3n) is 5.40. The Morgan fingerprint density at radius 2 is 1.59 bits per heavy atom. The summed E-state index contributed by atoms with van der Waals surface area (Å²) in [6.07, 6.45) is 2.60. The van der Waals surface area contributed by atoms with Crippen LogP contribution in [0.3, 0.4) is 0 Å². The van der Waals surface area contributed by atoms with Crippen LogP contribution in [-0.4, -0.2) is 32.8 Å². The molecule has 0 N–H and O–H groups in total. The van der Waals surface area contributed by atoms with Crippen molar-refractivity contribution in [1.29, 1.82) is 0 Å². The Labute approximate surface area is 164 Å². The molecule has 0 amide bonds. The zero-order chi connectivity index (χ0) is 19.2. The van der Waals surface area contributed by atoms with E-state index in [-0.39, 0.29) is 0 Å². The van der Waals surface area contributed by atoms with Crippen molar-refractivity contribution in [3.05, 3.63) is 60.2 Å². The van der Waals surface area contributed by atoms with Crippen LogP contribution in [0.15, 0.2) is 49.0 Å². The minimum absolute atomic E-state index is 0.661. The van der Waals surface area contributed by atoms with Crippen molar-refractivity contribution in [2.24, 2.45) is 0 Å². The van der Waals surface area contributed by atoms with Crippen LogP contribution in [0.1, 0.15) is 44.7 Å². The van der Waals surface area contributed by atoms with Gasteiger partial charge in [0.2, 0.25) is 0 Å². The van der Waals surface area contributed by atoms with Gasteiger partial charge in [-0.25, -0.2) is 0 Å². The molecule has 0 aromatic heterocycles. The predicted molar refractivity (Wildman–Crippen MR) is 117 cm³/mol. The Morgan fingerprint density at radius 3 is 2.19 bits per heavy atom. The lowest BCUT2D eigenvalue weighted by atomic mass is 9.98. The van der Waals surface area contributed by atoms with Gasteiger partial charge in [0.25, 0.3) is 0 Å². The number of anilines is 2. The third-order valence-corrected chi connectivity index (χ3v) is 5.40. The summed E-state index contributed by atoms with van der Waals surface area (Å²) in [7, 11) is 0. The Morgan fingerprint density at radius 1 is 0.963 bits per heavy atom. The van der Waals surface area contributed by atoms with Gasteiger partial charge in [-0.3, -0.25) is 0 Å². The van der Waals surface area contributed by atoms with E-state index in [0.29, 0.717) is 6.61 Å². The Bertz CT molecular complexity index is 756. The molecule has 1 fully saturated rings. The second kappa shape index (κ2) is 8.98. The summed E-state index contributed by atoms with van der Waals surface area (Å²) >= 11 is 0. The average Bonchev–Trinajstić information content (AvgIpc) is 3.24. The third kappa shape index (κ3) is 4.29. The molecule has 3 rings (SSSR count). The first-order chi connectivity index (χ1) is 13.2. The molecule has 0 aliphatic carbocycles. The van der Waals surface area contributed by atoms with Crippen molar-refractivity contribution in [3.8, 4) is 5.75 Å². The lowest BCUT2D eigenvalue weighted by Gasteiger charge is -2.24. The molecule has 3 nitrogen and oxygen atoms in total. The monoisotopic (exact) mass is 364 g/mol. The van der Waals surface area contributed by atoms with Gasteiger partial charge in [0.15, 0.2) is 0 Å². The van der Waals surface area contributed by atoms with Crippen molar-refractivity contribution in [3.63, 3.8) is 0 Å². The second-order valence-corrected chi connectivity index (χ2v) is 7.01. The van der Waals surface area contributed by atoms with Gasteiger partial charge >= 0.3 is 0 Å². The van der Waals surface area contributed by atoms with Gasteiger partial charge in [-0.2, -0.15) is 0 Å². The van der Waals surface area contributed by atoms with Gasteiger partial charge in [0.05, 0.1) is 12.3 Å². The molecule has 0 radical (unpaired) electrons. The maximum Gasteiger partial charge on any atom is 0.143 e. The lowest BCUT2D eigenvalue weighted by Crippen LogP contribution is -2.22. The highest BCUT2D eigenvalue weighted by molar-refractivity contribution is 5.81. The topological polar surface area (TPSA) is 15.7 Å². The van der Waals surface area contributed by atoms with Crippen LogP contribution in [-0.2, 0) is 0 Å². The fraction of sp³-hybridized carbons (Fsp3) is 0.417. The summed E-state index contributed by atoms with van der Waals surface area (Å²) in [5.74, 6) is 0.938. The van der Waals surface area contributed by atoms with E-state index in [1.165, 1.54) is 31.6 Å². The van der Waals surface area contributed by atoms with Crippen molar-refractivity contribution >= 4 is 16.9 Å². The summed E-state index contributed by atoms with van der Waals surface area (Å²) in [6, 6.07) is 15.3. The number of hydrogen-bond donors (Lipinski definition) is 0. The zero-order valence-electron chi connectivity index (χ0n) is 17.0. The predicted octanol–water partition coefficient (Wildman–Crippen LogP) is 5.59. The molecule has 0 atom stereocenters. The Kier molecular flexibility index (Phi) is 6.44. The first-order valence-corrected chi connectivity index (χ1v) is 10.2. The number of rotatable bonds is 8. The van der Waals surface area contributed by atoms with Gasteiger partial charge in [-0.15, -0.1) is 0 Å². The van der Waals surface area contributed by atoms with E-state index >= 15 is 0 Å². The molecule has 3 heteroatoms. The van der Waals surface area contributed by atoms with Gasteiger partial charge in [0, 0.05) is 31.9 Å². The molecule has 0 bridgehead atoms. The van der Waals surface area contributed by atoms with E-state index in [1.807, 2.05) is 6.92 Å². The number of benzene rings is 2. The molecule has 1 aliphatic heterocycles. The standard InChI is InChI=1S/C24H32N2O/c1-5-25(6-2)23-15-12-21(18-24(23)27-7-3)19(4)20-10-13-22(14-11-20)26-16-8-9-17-26/h10-15,18H,4-9,16-17H2,1-3H3. The van der Waals surface area contributed by atoms with Crippen LogP contribution >= 0.6 is 0 Å². The molecule has 1 saturated heterocycles. The van der Waals surface area contributed by atoms with Crippen molar-refractivity contribution in [1.82, 2.24) is 0 Å². The van der Waals surface area contributed by atoms with Gasteiger partial charge in [-0.1, -0.05) is 24.8 Å². The van der Waals surface area contributed by atoms with Crippen LogP contribution in [0.2, 0.25) is 0 Å². The van der Waals surface area contributed by atoms with E-state index in [2.05, 4.69) is 72.7 Å². The summed E-state index contributed by atoms with van der Waals surface area (Å²) in [6.45, 7) is 15.7. The molecule has 0 spiro atoms. The maximum atomic E-state index is 5.95. The Balaban J connectivity index is 1.84. The van der Waals surface area contributed by atoms with Crippen LogP contribution in [0, 0.1) is 0 Å².